The van der Waals surface area contributed by atoms with Crippen LogP contribution >= 0.6 is 15.9 Å². The molecule has 1 atom stereocenters. The maximum Gasteiger partial charge on any atom is 0.0596 e. The van der Waals surface area contributed by atoms with Crippen LogP contribution in [0.3, 0.4) is 0 Å². The second-order valence-electron chi connectivity index (χ2n) is 5.89. The van der Waals surface area contributed by atoms with Crippen molar-refractivity contribution in [3.63, 3.8) is 0 Å². The molecule has 0 amide bonds. The van der Waals surface area contributed by atoms with E-state index in [0.29, 0.717) is 6.04 Å². The molecule has 1 heterocycles. The van der Waals surface area contributed by atoms with Crippen LogP contribution in [0.15, 0.2) is 28.7 Å². The molecule has 1 aromatic carbocycles. The van der Waals surface area contributed by atoms with Crippen LogP contribution in [0.5, 0.6) is 0 Å². The first-order chi connectivity index (χ1) is 10.1. The van der Waals surface area contributed by atoms with Gasteiger partial charge in [0.05, 0.1) is 5.69 Å². The van der Waals surface area contributed by atoms with Crippen molar-refractivity contribution in [2.75, 3.05) is 6.54 Å². The third kappa shape index (κ3) is 3.38. The number of aryl methyl sites for hydroxylation is 4. The number of aromatic nitrogens is 2. The highest BCUT2D eigenvalue weighted by molar-refractivity contribution is 9.10. The fourth-order valence-electron chi connectivity index (χ4n) is 3.20. The minimum atomic E-state index is 0.522. The second-order valence-corrected chi connectivity index (χ2v) is 6.81. The van der Waals surface area contributed by atoms with E-state index < -0.39 is 0 Å². The maximum atomic E-state index is 4.51. The zero-order valence-electron chi connectivity index (χ0n) is 12.7. The average molecular weight is 348 g/mol. The normalized spacial score (nSPS) is 17.2. The summed E-state index contributed by atoms with van der Waals surface area (Å²) in [6.45, 7) is 6.21. The Bertz CT molecular complexity index is 633. The fraction of sp³-hybridized carbons (Fsp3) is 0.471. The lowest BCUT2D eigenvalue weighted by Gasteiger charge is -2.14. The van der Waals surface area contributed by atoms with Gasteiger partial charge >= 0.3 is 0 Å². The number of nitrogens with zero attached hydrogens (tertiary/aromatic N) is 2. The molecule has 3 rings (SSSR count). The lowest BCUT2D eigenvalue weighted by Crippen LogP contribution is -2.21. The molecule has 0 saturated heterocycles. The third-order valence-corrected chi connectivity index (χ3v) is 4.72. The van der Waals surface area contributed by atoms with Crippen LogP contribution < -0.4 is 5.32 Å². The van der Waals surface area contributed by atoms with E-state index in [9.17, 15) is 0 Å². The molecule has 0 radical (unpaired) electrons. The van der Waals surface area contributed by atoms with E-state index in [4.69, 9.17) is 0 Å². The van der Waals surface area contributed by atoms with Gasteiger partial charge in [0, 0.05) is 22.8 Å². The van der Waals surface area contributed by atoms with Crippen LogP contribution in [0, 0.1) is 13.8 Å². The molecular formula is C17H22BrN3. The van der Waals surface area contributed by atoms with Crippen LogP contribution in [-0.4, -0.2) is 16.3 Å². The van der Waals surface area contributed by atoms with E-state index in [-0.39, 0.29) is 0 Å². The Morgan fingerprint density at radius 2 is 2.19 bits per heavy atom. The first-order valence-electron chi connectivity index (χ1n) is 7.66. The Hall–Kier alpha value is -1.13. The Kier molecular flexibility index (Phi) is 4.45. The number of fused-ring (bicyclic) bond motifs is 1. The summed E-state index contributed by atoms with van der Waals surface area (Å²) < 4.78 is 3.29. The summed E-state index contributed by atoms with van der Waals surface area (Å²) in [4.78, 5) is 0. The molecular weight excluding hydrogens is 326 g/mol. The van der Waals surface area contributed by atoms with E-state index in [1.807, 2.05) is 0 Å². The largest absolute Gasteiger partial charge is 0.310 e. The summed E-state index contributed by atoms with van der Waals surface area (Å²) in [6, 6.07) is 9.32. The van der Waals surface area contributed by atoms with E-state index in [2.05, 4.69) is 69.1 Å². The number of rotatable bonds is 5. The van der Waals surface area contributed by atoms with Gasteiger partial charge in [0.15, 0.2) is 0 Å². The maximum absolute atomic E-state index is 4.51. The lowest BCUT2D eigenvalue weighted by molar-refractivity contribution is 0.481. The van der Waals surface area contributed by atoms with Crippen molar-refractivity contribution in [1.82, 2.24) is 15.1 Å². The number of hydrogen-bond acceptors (Lipinski definition) is 2. The molecule has 4 heteroatoms. The number of halogens is 1. The van der Waals surface area contributed by atoms with Gasteiger partial charge in [0.2, 0.25) is 0 Å². The van der Waals surface area contributed by atoms with Gasteiger partial charge in [0.1, 0.15) is 0 Å². The Balaban J connectivity index is 1.50. The van der Waals surface area contributed by atoms with Gasteiger partial charge in [0.25, 0.3) is 0 Å². The average Bonchev–Trinajstić information content (AvgIpc) is 2.98. The van der Waals surface area contributed by atoms with Crippen LogP contribution in [0.4, 0.5) is 0 Å². The molecule has 1 aliphatic rings. The summed E-state index contributed by atoms with van der Waals surface area (Å²) >= 11 is 3.55. The van der Waals surface area contributed by atoms with Crippen molar-refractivity contribution in [3.05, 3.63) is 51.3 Å². The second kappa shape index (κ2) is 6.32. The summed E-state index contributed by atoms with van der Waals surface area (Å²) in [7, 11) is 0. The standard InChI is InChI=1S/C17H22BrN3/c1-12-10-13(2)21(20-12)9-3-8-19-17-7-4-14-11-15(18)5-6-16(14)17/h5-6,10-11,17,19H,3-4,7-9H2,1-2H3. The van der Waals surface area contributed by atoms with Gasteiger partial charge in [-0.25, -0.2) is 0 Å². The molecule has 21 heavy (non-hydrogen) atoms. The highest BCUT2D eigenvalue weighted by Gasteiger charge is 2.21. The van der Waals surface area contributed by atoms with Crippen molar-refractivity contribution < 1.29 is 0 Å². The van der Waals surface area contributed by atoms with E-state index in [1.54, 1.807) is 0 Å². The van der Waals surface area contributed by atoms with E-state index >= 15 is 0 Å². The molecule has 1 aliphatic carbocycles. The highest BCUT2D eigenvalue weighted by atomic mass is 79.9. The summed E-state index contributed by atoms with van der Waals surface area (Å²) in [6.07, 6.45) is 3.51. The zero-order chi connectivity index (χ0) is 14.8. The Labute approximate surface area is 134 Å². The Morgan fingerprint density at radius 3 is 2.95 bits per heavy atom. The van der Waals surface area contributed by atoms with Crippen molar-refractivity contribution in [2.24, 2.45) is 0 Å². The SMILES string of the molecule is Cc1cc(C)n(CCCNC2CCc3cc(Br)ccc32)n1. The molecule has 0 spiro atoms. The molecule has 112 valence electrons. The predicted molar refractivity (Wildman–Crippen MR) is 89.5 cm³/mol. The predicted octanol–water partition coefficient (Wildman–Crippen LogP) is 3.93. The van der Waals surface area contributed by atoms with Gasteiger partial charge in [-0.2, -0.15) is 5.10 Å². The number of benzene rings is 1. The quantitative estimate of drug-likeness (QED) is 0.830. The van der Waals surface area contributed by atoms with Crippen molar-refractivity contribution in [2.45, 2.75) is 45.7 Å². The summed E-state index contributed by atoms with van der Waals surface area (Å²) in [5, 5.41) is 8.21. The van der Waals surface area contributed by atoms with Crippen molar-refractivity contribution in [3.8, 4) is 0 Å². The van der Waals surface area contributed by atoms with Crippen molar-refractivity contribution >= 4 is 15.9 Å². The van der Waals surface area contributed by atoms with E-state index in [1.165, 1.54) is 34.1 Å². The molecule has 1 unspecified atom stereocenters. The molecule has 0 bridgehead atoms. The molecule has 0 saturated carbocycles. The Morgan fingerprint density at radius 1 is 1.33 bits per heavy atom. The minimum absolute atomic E-state index is 0.522. The van der Waals surface area contributed by atoms with Crippen LogP contribution in [-0.2, 0) is 13.0 Å². The molecule has 0 aliphatic heterocycles. The van der Waals surface area contributed by atoms with Crippen molar-refractivity contribution in [1.29, 1.82) is 0 Å². The molecule has 1 aromatic heterocycles. The monoisotopic (exact) mass is 347 g/mol. The van der Waals surface area contributed by atoms with Gasteiger partial charge < -0.3 is 5.32 Å². The highest BCUT2D eigenvalue weighted by Crippen LogP contribution is 2.32. The molecule has 1 N–H and O–H groups in total. The zero-order valence-corrected chi connectivity index (χ0v) is 14.3. The van der Waals surface area contributed by atoms with Gasteiger partial charge in [-0.1, -0.05) is 22.0 Å². The van der Waals surface area contributed by atoms with Gasteiger partial charge in [-0.05, 0) is 69.0 Å². The molecule has 3 nitrogen and oxygen atoms in total. The number of hydrogen-bond donors (Lipinski definition) is 1. The smallest absolute Gasteiger partial charge is 0.0596 e. The number of nitrogens with one attached hydrogen (secondary N) is 1. The summed E-state index contributed by atoms with van der Waals surface area (Å²) in [5.41, 5.74) is 5.32. The first kappa shape index (κ1) is 14.8. The van der Waals surface area contributed by atoms with Crippen LogP contribution in [0.1, 0.15) is 41.4 Å². The fourth-order valence-corrected chi connectivity index (χ4v) is 3.61. The van der Waals surface area contributed by atoms with Crippen LogP contribution in [0.2, 0.25) is 0 Å². The lowest BCUT2D eigenvalue weighted by atomic mass is 10.1. The van der Waals surface area contributed by atoms with E-state index in [0.717, 1.165) is 25.2 Å². The summed E-state index contributed by atoms with van der Waals surface area (Å²) in [5.74, 6) is 0. The molecule has 0 fully saturated rings. The topological polar surface area (TPSA) is 29.9 Å². The van der Waals surface area contributed by atoms with Gasteiger partial charge in [-0.3, -0.25) is 4.68 Å². The molecule has 2 aromatic rings. The minimum Gasteiger partial charge on any atom is -0.310 e. The first-order valence-corrected chi connectivity index (χ1v) is 8.45. The third-order valence-electron chi connectivity index (χ3n) is 4.22. The van der Waals surface area contributed by atoms with Gasteiger partial charge in [-0.15, -0.1) is 0 Å². The van der Waals surface area contributed by atoms with Crippen LogP contribution in [0.25, 0.3) is 0 Å².